The molecule has 0 saturated carbocycles. The maximum atomic E-state index is 11.6. The molecule has 5 nitrogen and oxygen atoms in total. The average Bonchev–Trinajstić information content (AvgIpc) is 2.67. The van der Waals surface area contributed by atoms with Gasteiger partial charge in [-0.3, -0.25) is 9.20 Å². The van der Waals surface area contributed by atoms with E-state index in [2.05, 4.69) is 9.97 Å². The monoisotopic (exact) mass is 274 g/mol. The Morgan fingerprint density at radius 3 is 2.68 bits per heavy atom. The van der Waals surface area contributed by atoms with Crippen molar-refractivity contribution in [2.75, 3.05) is 0 Å². The second-order valence-corrected chi connectivity index (χ2v) is 4.85. The van der Waals surface area contributed by atoms with Crippen LogP contribution in [-0.4, -0.2) is 20.3 Å². The summed E-state index contributed by atoms with van der Waals surface area (Å²) in [5, 5.41) is 1.20. The lowest BCUT2D eigenvalue weighted by molar-refractivity contribution is 0.100. The molecule has 3 heterocycles. The molecular weight excluding hydrogens is 264 g/mol. The summed E-state index contributed by atoms with van der Waals surface area (Å²) in [5.74, 6) is -0.511. The summed E-state index contributed by atoms with van der Waals surface area (Å²) in [7, 11) is 0. The number of nitrogens with two attached hydrogens (primary N) is 1. The predicted molar refractivity (Wildman–Crippen MR) is 73.5 cm³/mol. The average molecular weight is 275 g/mol. The van der Waals surface area contributed by atoms with Crippen molar-refractivity contribution in [3.05, 3.63) is 40.4 Å². The SMILES string of the molecule is Cc1cc2cc(C(N)=O)c3nc(C)cn3c2c(Cl)n1. The Morgan fingerprint density at radius 2 is 2.00 bits per heavy atom. The minimum atomic E-state index is -0.511. The fraction of sp³-hybridized carbons (Fsp3) is 0.154. The summed E-state index contributed by atoms with van der Waals surface area (Å²) >= 11 is 6.21. The lowest BCUT2D eigenvalue weighted by Crippen LogP contribution is -2.13. The summed E-state index contributed by atoms with van der Waals surface area (Å²) in [4.78, 5) is 20.1. The van der Waals surface area contributed by atoms with Crippen LogP contribution in [0, 0.1) is 13.8 Å². The van der Waals surface area contributed by atoms with Crippen LogP contribution in [-0.2, 0) is 0 Å². The molecule has 0 bridgehead atoms. The van der Waals surface area contributed by atoms with Crippen LogP contribution in [0.1, 0.15) is 21.7 Å². The summed E-state index contributed by atoms with van der Waals surface area (Å²) in [5.41, 5.74) is 8.59. The molecule has 0 fully saturated rings. The molecule has 0 radical (unpaired) electrons. The molecule has 6 heteroatoms. The van der Waals surface area contributed by atoms with Gasteiger partial charge in [-0.05, 0) is 26.0 Å². The van der Waals surface area contributed by atoms with Crippen LogP contribution >= 0.6 is 11.6 Å². The van der Waals surface area contributed by atoms with Crippen molar-refractivity contribution in [2.45, 2.75) is 13.8 Å². The number of fused-ring (bicyclic) bond motifs is 3. The Hall–Kier alpha value is -2.14. The van der Waals surface area contributed by atoms with Gasteiger partial charge in [0.25, 0.3) is 5.91 Å². The number of aromatic nitrogens is 3. The van der Waals surface area contributed by atoms with Gasteiger partial charge in [-0.2, -0.15) is 0 Å². The lowest BCUT2D eigenvalue weighted by Gasteiger charge is -2.07. The number of amides is 1. The van der Waals surface area contributed by atoms with Crippen LogP contribution in [0.15, 0.2) is 18.3 Å². The topological polar surface area (TPSA) is 73.3 Å². The number of carbonyl (C=O) groups is 1. The van der Waals surface area contributed by atoms with Gasteiger partial charge in [0.15, 0.2) is 5.15 Å². The first-order valence-corrected chi connectivity index (χ1v) is 6.10. The van der Waals surface area contributed by atoms with E-state index in [1.165, 1.54) is 0 Å². The Kier molecular flexibility index (Phi) is 2.46. The van der Waals surface area contributed by atoms with E-state index in [1.807, 2.05) is 26.1 Å². The molecule has 0 saturated heterocycles. The maximum absolute atomic E-state index is 11.6. The largest absolute Gasteiger partial charge is 0.365 e. The fourth-order valence-electron chi connectivity index (χ4n) is 2.26. The summed E-state index contributed by atoms with van der Waals surface area (Å²) in [6.45, 7) is 3.69. The second-order valence-electron chi connectivity index (χ2n) is 4.49. The second kappa shape index (κ2) is 3.93. The molecule has 2 N–H and O–H groups in total. The van der Waals surface area contributed by atoms with Crippen LogP contribution in [0.3, 0.4) is 0 Å². The van der Waals surface area contributed by atoms with E-state index in [1.54, 1.807) is 10.5 Å². The van der Waals surface area contributed by atoms with E-state index in [9.17, 15) is 4.79 Å². The molecule has 3 aromatic heterocycles. The number of halogens is 1. The van der Waals surface area contributed by atoms with Crippen LogP contribution in [0.2, 0.25) is 5.15 Å². The van der Waals surface area contributed by atoms with Gasteiger partial charge in [0, 0.05) is 17.3 Å². The number of rotatable bonds is 1. The molecular formula is C13H11ClN4O. The van der Waals surface area contributed by atoms with Crippen LogP contribution in [0.25, 0.3) is 16.6 Å². The highest BCUT2D eigenvalue weighted by Crippen LogP contribution is 2.26. The zero-order valence-corrected chi connectivity index (χ0v) is 11.2. The highest BCUT2D eigenvalue weighted by atomic mass is 35.5. The predicted octanol–water partition coefficient (Wildman–Crippen LogP) is 2.25. The van der Waals surface area contributed by atoms with Crippen LogP contribution in [0.5, 0.6) is 0 Å². The molecule has 0 aliphatic carbocycles. The molecule has 1 amide bonds. The quantitative estimate of drug-likeness (QED) is 0.692. The number of carbonyl (C=O) groups excluding carboxylic acids is 1. The van der Waals surface area contributed by atoms with Gasteiger partial charge in [-0.25, -0.2) is 9.97 Å². The van der Waals surface area contributed by atoms with Crippen LogP contribution in [0.4, 0.5) is 0 Å². The van der Waals surface area contributed by atoms with Crippen molar-refractivity contribution in [1.29, 1.82) is 0 Å². The van der Waals surface area contributed by atoms with E-state index in [-0.39, 0.29) is 0 Å². The first-order valence-electron chi connectivity index (χ1n) is 5.72. The van der Waals surface area contributed by atoms with E-state index in [0.717, 1.165) is 22.3 Å². The maximum Gasteiger partial charge on any atom is 0.252 e. The van der Waals surface area contributed by atoms with Gasteiger partial charge >= 0.3 is 0 Å². The van der Waals surface area contributed by atoms with E-state index < -0.39 is 5.91 Å². The van der Waals surface area contributed by atoms with Gasteiger partial charge in [-0.1, -0.05) is 11.6 Å². The van der Waals surface area contributed by atoms with E-state index in [0.29, 0.717) is 16.4 Å². The number of nitrogens with zero attached hydrogens (tertiary/aromatic N) is 3. The van der Waals surface area contributed by atoms with E-state index >= 15 is 0 Å². The minimum Gasteiger partial charge on any atom is -0.365 e. The van der Waals surface area contributed by atoms with Gasteiger partial charge in [0.1, 0.15) is 5.65 Å². The highest BCUT2D eigenvalue weighted by molar-refractivity contribution is 6.34. The first kappa shape index (κ1) is 11.9. The Balaban J connectivity index is 2.61. The summed E-state index contributed by atoms with van der Waals surface area (Å²) in [6, 6.07) is 3.57. The van der Waals surface area contributed by atoms with Crippen molar-refractivity contribution >= 4 is 34.1 Å². The Labute approximate surface area is 114 Å². The first-order chi connectivity index (χ1) is 8.97. The minimum absolute atomic E-state index is 0.377. The number of primary amides is 1. The number of aryl methyl sites for hydroxylation is 2. The zero-order valence-electron chi connectivity index (χ0n) is 10.4. The standard InChI is InChI=1S/C13H11ClN4O/c1-6-3-8-4-9(12(15)19)13-17-7(2)5-18(13)10(8)11(14)16-6/h3-5H,1-2H3,(H2,15,19). The molecule has 0 aromatic carbocycles. The van der Waals surface area contributed by atoms with Gasteiger partial charge in [-0.15, -0.1) is 0 Å². The van der Waals surface area contributed by atoms with Crippen molar-refractivity contribution < 1.29 is 4.79 Å². The van der Waals surface area contributed by atoms with Crippen molar-refractivity contribution in [3.63, 3.8) is 0 Å². The van der Waals surface area contributed by atoms with Crippen molar-refractivity contribution in [1.82, 2.24) is 14.4 Å². The zero-order chi connectivity index (χ0) is 13.7. The number of hydrogen-bond donors (Lipinski definition) is 1. The molecule has 3 rings (SSSR count). The molecule has 0 atom stereocenters. The molecule has 0 aliphatic heterocycles. The molecule has 96 valence electrons. The third-order valence-electron chi connectivity index (χ3n) is 2.98. The molecule has 0 spiro atoms. The molecule has 0 unspecified atom stereocenters. The Morgan fingerprint density at radius 1 is 1.26 bits per heavy atom. The molecule has 19 heavy (non-hydrogen) atoms. The number of pyridine rings is 2. The molecule has 3 aromatic rings. The summed E-state index contributed by atoms with van der Waals surface area (Å²) < 4.78 is 1.76. The number of hydrogen-bond acceptors (Lipinski definition) is 3. The smallest absolute Gasteiger partial charge is 0.252 e. The molecule has 0 aliphatic rings. The third kappa shape index (κ3) is 1.74. The fourth-order valence-corrected chi connectivity index (χ4v) is 2.59. The van der Waals surface area contributed by atoms with Crippen molar-refractivity contribution in [2.24, 2.45) is 5.73 Å². The van der Waals surface area contributed by atoms with Crippen LogP contribution < -0.4 is 5.73 Å². The Bertz CT molecular complexity index is 838. The van der Waals surface area contributed by atoms with Gasteiger partial charge < -0.3 is 5.73 Å². The summed E-state index contributed by atoms with van der Waals surface area (Å²) in [6.07, 6.45) is 1.81. The van der Waals surface area contributed by atoms with E-state index in [4.69, 9.17) is 17.3 Å². The third-order valence-corrected chi connectivity index (χ3v) is 3.24. The normalized spacial score (nSPS) is 11.3. The highest BCUT2D eigenvalue weighted by Gasteiger charge is 2.15. The number of imidazole rings is 1. The van der Waals surface area contributed by atoms with Gasteiger partial charge in [0.2, 0.25) is 0 Å². The van der Waals surface area contributed by atoms with Gasteiger partial charge in [0.05, 0.1) is 16.8 Å². The lowest BCUT2D eigenvalue weighted by atomic mass is 10.1. The van der Waals surface area contributed by atoms with Crippen molar-refractivity contribution in [3.8, 4) is 0 Å².